The van der Waals surface area contributed by atoms with Crippen molar-refractivity contribution in [1.82, 2.24) is 14.3 Å². The van der Waals surface area contributed by atoms with Crippen LogP contribution in [0.3, 0.4) is 0 Å². The third-order valence-corrected chi connectivity index (χ3v) is 5.74. The smallest absolute Gasteiger partial charge is 0.259 e. The second kappa shape index (κ2) is 8.47. The second-order valence-corrected chi connectivity index (χ2v) is 8.28. The van der Waals surface area contributed by atoms with Crippen LogP contribution in [0.2, 0.25) is 0 Å². The van der Waals surface area contributed by atoms with Crippen LogP contribution in [0.15, 0.2) is 72.1 Å². The first-order valence-corrected chi connectivity index (χ1v) is 10.3. The van der Waals surface area contributed by atoms with Gasteiger partial charge in [-0.25, -0.2) is 18.1 Å². The summed E-state index contributed by atoms with van der Waals surface area (Å²) in [6.45, 7) is 0.730. The quantitative estimate of drug-likeness (QED) is 0.623. The van der Waals surface area contributed by atoms with Gasteiger partial charge in [0.2, 0.25) is 0 Å². The molecular weight excluding hydrogens is 360 g/mol. The Morgan fingerprint density at radius 2 is 1.85 bits per heavy atom. The van der Waals surface area contributed by atoms with Gasteiger partial charge < -0.3 is 10.3 Å². The molecule has 0 saturated heterocycles. The van der Waals surface area contributed by atoms with E-state index in [0.29, 0.717) is 6.54 Å². The monoisotopic (exact) mass is 384 g/mol. The number of nitrogens with two attached hydrogens (primary N) is 1. The lowest BCUT2D eigenvalue weighted by Crippen LogP contribution is -2.24. The molecule has 0 bridgehead atoms. The van der Waals surface area contributed by atoms with Gasteiger partial charge in [0.15, 0.2) is 5.03 Å². The van der Waals surface area contributed by atoms with E-state index in [1.807, 2.05) is 42.5 Å². The van der Waals surface area contributed by atoms with Crippen molar-refractivity contribution in [3.8, 4) is 0 Å². The summed E-state index contributed by atoms with van der Waals surface area (Å²) in [5, 5.41) is 0.0186. The fourth-order valence-corrected chi connectivity index (χ4v) is 3.97. The molecule has 0 saturated carbocycles. The average molecular weight is 385 g/mol. The van der Waals surface area contributed by atoms with E-state index in [-0.39, 0.29) is 17.5 Å². The molecule has 0 aliphatic rings. The van der Waals surface area contributed by atoms with Gasteiger partial charge in [0.25, 0.3) is 10.0 Å². The molecule has 1 heterocycles. The Balaban J connectivity index is 1.71. The SMILES string of the molecule is Cn1cnc(S(=O)(=O)NCc2cccc(C(CN)Cc3ccccc3)c2)c1. The fourth-order valence-electron chi connectivity index (χ4n) is 2.97. The van der Waals surface area contributed by atoms with Crippen molar-refractivity contribution in [3.05, 3.63) is 83.8 Å². The van der Waals surface area contributed by atoms with Crippen molar-refractivity contribution < 1.29 is 8.42 Å². The second-order valence-electron chi connectivity index (χ2n) is 6.57. The Morgan fingerprint density at radius 3 is 2.52 bits per heavy atom. The first-order chi connectivity index (χ1) is 13.0. The van der Waals surface area contributed by atoms with Crippen molar-refractivity contribution in [2.45, 2.75) is 23.9 Å². The van der Waals surface area contributed by atoms with Gasteiger partial charge >= 0.3 is 0 Å². The predicted molar refractivity (Wildman–Crippen MR) is 106 cm³/mol. The van der Waals surface area contributed by atoms with Gasteiger partial charge in [-0.3, -0.25) is 0 Å². The van der Waals surface area contributed by atoms with Gasteiger partial charge in [0.1, 0.15) is 0 Å². The Labute approximate surface area is 160 Å². The van der Waals surface area contributed by atoms with E-state index >= 15 is 0 Å². The molecule has 0 spiro atoms. The number of nitrogens with one attached hydrogen (secondary N) is 1. The van der Waals surface area contributed by atoms with Crippen LogP contribution in [0.4, 0.5) is 0 Å². The molecule has 1 unspecified atom stereocenters. The molecule has 6 nitrogen and oxygen atoms in total. The maximum absolute atomic E-state index is 12.3. The fraction of sp³-hybridized carbons (Fsp3) is 0.250. The lowest BCUT2D eigenvalue weighted by Gasteiger charge is -2.16. The number of benzene rings is 2. The Hall–Kier alpha value is -2.48. The van der Waals surface area contributed by atoms with Crippen molar-refractivity contribution >= 4 is 10.0 Å². The van der Waals surface area contributed by atoms with Gasteiger partial charge in [-0.15, -0.1) is 0 Å². The highest BCUT2D eigenvalue weighted by atomic mass is 32.2. The van der Waals surface area contributed by atoms with E-state index < -0.39 is 10.0 Å². The molecule has 2 aromatic carbocycles. The minimum absolute atomic E-state index is 0.0186. The Bertz CT molecular complexity index is 984. The number of rotatable bonds is 8. The number of sulfonamides is 1. The molecule has 3 N–H and O–H groups in total. The summed E-state index contributed by atoms with van der Waals surface area (Å²) in [5.41, 5.74) is 9.23. The molecule has 1 aromatic heterocycles. The van der Waals surface area contributed by atoms with Crippen LogP contribution in [-0.2, 0) is 30.0 Å². The molecule has 0 aliphatic carbocycles. The van der Waals surface area contributed by atoms with Gasteiger partial charge in [-0.05, 0) is 29.7 Å². The summed E-state index contributed by atoms with van der Waals surface area (Å²) >= 11 is 0. The maximum Gasteiger partial charge on any atom is 0.259 e. The van der Waals surface area contributed by atoms with E-state index in [4.69, 9.17) is 5.73 Å². The summed E-state index contributed by atoms with van der Waals surface area (Å²) in [5.74, 6) is 0.180. The minimum atomic E-state index is -3.63. The van der Waals surface area contributed by atoms with Crippen LogP contribution >= 0.6 is 0 Å². The molecular formula is C20H24N4O2S. The van der Waals surface area contributed by atoms with E-state index in [9.17, 15) is 8.42 Å². The standard InChI is InChI=1S/C20H24N4O2S/c1-24-14-20(22-15-24)27(25,26)23-13-17-8-5-9-18(11-17)19(12-21)10-16-6-3-2-4-7-16/h2-9,11,14-15,19,23H,10,12-13,21H2,1H3. The molecule has 3 rings (SSSR count). The number of imidazole rings is 1. The van der Waals surface area contributed by atoms with Crippen LogP contribution in [0.25, 0.3) is 0 Å². The normalized spacial score (nSPS) is 12.8. The summed E-state index contributed by atoms with van der Waals surface area (Å²) in [7, 11) is -1.90. The van der Waals surface area contributed by atoms with Crippen LogP contribution in [0.1, 0.15) is 22.6 Å². The van der Waals surface area contributed by atoms with Gasteiger partial charge in [-0.1, -0.05) is 54.6 Å². The van der Waals surface area contributed by atoms with Crippen LogP contribution in [0, 0.1) is 0 Å². The van der Waals surface area contributed by atoms with E-state index in [0.717, 1.165) is 17.5 Å². The first kappa shape index (κ1) is 19.3. The minimum Gasteiger partial charge on any atom is -0.339 e. The number of hydrogen-bond donors (Lipinski definition) is 2. The third-order valence-electron chi connectivity index (χ3n) is 4.45. The zero-order valence-electron chi connectivity index (χ0n) is 15.2. The Morgan fingerprint density at radius 1 is 1.11 bits per heavy atom. The van der Waals surface area contributed by atoms with Crippen molar-refractivity contribution in [2.75, 3.05) is 6.54 Å². The lowest BCUT2D eigenvalue weighted by atomic mass is 9.91. The average Bonchev–Trinajstić information content (AvgIpc) is 3.13. The molecule has 0 amide bonds. The van der Waals surface area contributed by atoms with Crippen molar-refractivity contribution in [2.24, 2.45) is 12.8 Å². The highest BCUT2D eigenvalue weighted by Crippen LogP contribution is 2.21. The molecule has 142 valence electrons. The number of aromatic nitrogens is 2. The van der Waals surface area contributed by atoms with Crippen molar-refractivity contribution in [3.63, 3.8) is 0 Å². The van der Waals surface area contributed by atoms with Gasteiger partial charge in [0, 0.05) is 25.7 Å². The van der Waals surface area contributed by atoms with E-state index in [2.05, 4.69) is 21.8 Å². The summed E-state index contributed by atoms with van der Waals surface area (Å²) in [6.07, 6.45) is 3.79. The van der Waals surface area contributed by atoms with Gasteiger partial charge in [-0.2, -0.15) is 0 Å². The van der Waals surface area contributed by atoms with Crippen LogP contribution < -0.4 is 10.5 Å². The first-order valence-electron chi connectivity index (χ1n) is 8.78. The van der Waals surface area contributed by atoms with Gasteiger partial charge in [0.05, 0.1) is 6.33 Å². The molecule has 1 atom stereocenters. The molecule has 0 fully saturated rings. The highest BCUT2D eigenvalue weighted by Gasteiger charge is 2.17. The predicted octanol–water partition coefficient (Wildman–Crippen LogP) is 2.18. The molecule has 7 heteroatoms. The lowest BCUT2D eigenvalue weighted by molar-refractivity contribution is 0.578. The number of nitrogens with zero attached hydrogens (tertiary/aromatic N) is 2. The summed E-state index contributed by atoms with van der Waals surface area (Å²) in [4.78, 5) is 3.90. The van der Waals surface area contributed by atoms with E-state index in [1.54, 1.807) is 11.6 Å². The number of aryl methyl sites for hydroxylation is 1. The maximum atomic E-state index is 12.3. The molecule has 27 heavy (non-hydrogen) atoms. The number of hydrogen-bond acceptors (Lipinski definition) is 4. The highest BCUT2D eigenvalue weighted by molar-refractivity contribution is 7.89. The third kappa shape index (κ3) is 5.03. The molecule has 0 aliphatic heterocycles. The molecule has 3 aromatic rings. The largest absolute Gasteiger partial charge is 0.339 e. The van der Waals surface area contributed by atoms with E-state index in [1.165, 1.54) is 18.1 Å². The van der Waals surface area contributed by atoms with Crippen molar-refractivity contribution in [1.29, 1.82) is 0 Å². The van der Waals surface area contributed by atoms with Crippen LogP contribution in [0.5, 0.6) is 0 Å². The topological polar surface area (TPSA) is 90.0 Å². The zero-order valence-corrected chi connectivity index (χ0v) is 16.1. The molecule has 0 radical (unpaired) electrons. The summed E-state index contributed by atoms with van der Waals surface area (Å²) in [6, 6.07) is 18.1. The van der Waals surface area contributed by atoms with Crippen LogP contribution in [-0.4, -0.2) is 24.5 Å². The zero-order chi connectivity index (χ0) is 19.3. The Kier molecular flexibility index (Phi) is 6.05. The summed E-state index contributed by atoms with van der Waals surface area (Å²) < 4.78 is 28.9.